The van der Waals surface area contributed by atoms with E-state index in [1.165, 1.54) is 14.2 Å². The van der Waals surface area contributed by atoms with Crippen LogP contribution in [0.4, 0.5) is 0 Å². The van der Waals surface area contributed by atoms with Gasteiger partial charge in [0, 0.05) is 11.8 Å². The fourth-order valence-electron chi connectivity index (χ4n) is 2.59. The number of Topliss-reactive ketones (excluding diaryl/α,β-unsaturated/α-hetero) is 2. The molecule has 1 atom stereocenters. The summed E-state index contributed by atoms with van der Waals surface area (Å²) in [6.07, 6.45) is 4.47. The summed E-state index contributed by atoms with van der Waals surface area (Å²) in [7, 11) is 2.75. The molecule has 0 saturated carbocycles. The van der Waals surface area contributed by atoms with Gasteiger partial charge in [-0.2, -0.15) is 0 Å². The van der Waals surface area contributed by atoms with Crippen LogP contribution in [0.1, 0.15) is 25.3 Å². The van der Waals surface area contributed by atoms with Gasteiger partial charge in [-0.25, -0.2) is 0 Å². The summed E-state index contributed by atoms with van der Waals surface area (Å²) in [5.41, 5.74) is 0.260. The van der Waals surface area contributed by atoms with Crippen LogP contribution in [0.5, 0.6) is 0 Å². The third-order valence-electron chi connectivity index (χ3n) is 3.85. The zero-order valence-electron chi connectivity index (χ0n) is 13.1. The highest BCUT2D eigenvalue weighted by Crippen LogP contribution is 2.38. The fraction of sp³-hybridized carbons (Fsp3) is 0.333. The smallest absolute Gasteiger partial charge is 0.208 e. The van der Waals surface area contributed by atoms with Crippen LogP contribution in [0.15, 0.2) is 47.9 Å². The predicted molar refractivity (Wildman–Crippen MR) is 83.9 cm³/mol. The molecule has 0 saturated heterocycles. The third kappa shape index (κ3) is 3.11. The maximum atomic E-state index is 12.6. The van der Waals surface area contributed by atoms with Crippen LogP contribution in [0.3, 0.4) is 0 Å². The summed E-state index contributed by atoms with van der Waals surface area (Å²) in [5.74, 6) is -0.343. The van der Waals surface area contributed by atoms with Gasteiger partial charge in [-0.3, -0.25) is 9.59 Å². The first kappa shape index (κ1) is 16.0. The number of methoxy groups -OCH3 is 2. The van der Waals surface area contributed by atoms with Crippen LogP contribution in [0, 0.1) is 5.41 Å². The molecule has 0 spiro atoms. The van der Waals surface area contributed by atoms with Gasteiger partial charge in [0.25, 0.3) is 0 Å². The lowest BCUT2D eigenvalue weighted by atomic mass is 9.73. The number of rotatable bonds is 5. The lowest BCUT2D eigenvalue weighted by Gasteiger charge is -2.31. The zero-order chi connectivity index (χ0) is 16.2. The number of hydrogen-bond donors (Lipinski definition) is 0. The molecule has 0 radical (unpaired) electrons. The van der Waals surface area contributed by atoms with Crippen molar-refractivity contribution in [2.75, 3.05) is 14.2 Å². The lowest BCUT2D eigenvalue weighted by molar-refractivity contribution is -0.136. The Morgan fingerprint density at radius 2 is 1.73 bits per heavy atom. The third-order valence-corrected chi connectivity index (χ3v) is 3.85. The highest BCUT2D eigenvalue weighted by atomic mass is 16.5. The van der Waals surface area contributed by atoms with E-state index in [1.807, 2.05) is 42.5 Å². The van der Waals surface area contributed by atoms with E-state index in [0.717, 1.165) is 5.56 Å². The molecule has 1 unspecified atom stereocenters. The van der Waals surface area contributed by atoms with Crippen LogP contribution in [0.2, 0.25) is 0 Å². The Kier molecular flexibility index (Phi) is 4.81. The molecule has 4 nitrogen and oxygen atoms in total. The van der Waals surface area contributed by atoms with Gasteiger partial charge in [-0.05, 0) is 12.0 Å². The molecule has 0 N–H and O–H groups in total. The van der Waals surface area contributed by atoms with Crippen molar-refractivity contribution in [3.8, 4) is 0 Å². The van der Waals surface area contributed by atoms with E-state index in [2.05, 4.69) is 0 Å². The number of carbonyl (C=O) groups is 2. The number of allylic oxidation sites excluding steroid dienone is 3. The minimum Gasteiger partial charge on any atom is -0.490 e. The van der Waals surface area contributed by atoms with Crippen LogP contribution in [-0.4, -0.2) is 25.8 Å². The maximum Gasteiger partial charge on any atom is 0.208 e. The van der Waals surface area contributed by atoms with Gasteiger partial charge in [0.15, 0.2) is 0 Å². The van der Waals surface area contributed by atoms with Gasteiger partial charge in [-0.1, -0.05) is 49.4 Å². The number of benzene rings is 1. The van der Waals surface area contributed by atoms with Gasteiger partial charge in [0.2, 0.25) is 23.1 Å². The van der Waals surface area contributed by atoms with Crippen LogP contribution in [-0.2, 0) is 19.1 Å². The second kappa shape index (κ2) is 6.60. The normalized spacial score (nSPS) is 22.3. The van der Waals surface area contributed by atoms with E-state index in [9.17, 15) is 9.59 Å². The summed E-state index contributed by atoms with van der Waals surface area (Å²) in [5, 5.41) is 0. The molecule has 0 aromatic heterocycles. The Labute approximate surface area is 130 Å². The van der Waals surface area contributed by atoms with Crippen LogP contribution >= 0.6 is 0 Å². The second-order valence-electron chi connectivity index (χ2n) is 5.57. The predicted octanol–water partition coefficient (Wildman–Crippen LogP) is 3.14. The first-order valence-corrected chi connectivity index (χ1v) is 7.13. The molecule has 2 rings (SSSR count). The minimum absolute atomic E-state index is 0.0226. The van der Waals surface area contributed by atoms with Crippen molar-refractivity contribution in [1.29, 1.82) is 0 Å². The monoisotopic (exact) mass is 300 g/mol. The topological polar surface area (TPSA) is 52.6 Å². The molecule has 0 fully saturated rings. The molecule has 1 aliphatic carbocycles. The molecule has 0 aliphatic heterocycles. The largest absolute Gasteiger partial charge is 0.490 e. The van der Waals surface area contributed by atoms with Crippen LogP contribution in [0.25, 0.3) is 6.08 Å². The SMILES string of the molecule is COC1=C(OC)C(=O)C(C)(C/C=C/c2ccccc2)CC1=O. The Hall–Kier alpha value is -2.36. The molecule has 22 heavy (non-hydrogen) atoms. The number of ether oxygens (including phenoxy) is 2. The van der Waals surface area contributed by atoms with Crippen LogP contribution < -0.4 is 0 Å². The van der Waals surface area contributed by atoms with E-state index >= 15 is 0 Å². The van der Waals surface area contributed by atoms with Gasteiger partial charge in [0.05, 0.1) is 14.2 Å². The minimum atomic E-state index is -0.796. The molecule has 1 aromatic rings. The Balaban J connectivity index is 2.20. The van der Waals surface area contributed by atoms with Crippen molar-refractivity contribution in [3.63, 3.8) is 0 Å². The average molecular weight is 300 g/mol. The van der Waals surface area contributed by atoms with Crippen molar-refractivity contribution in [3.05, 3.63) is 53.5 Å². The average Bonchev–Trinajstić information content (AvgIpc) is 2.51. The summed E-state index contributed by atoms with van der Waals surface area (Å²) in [4.78, 5) is 24.7. The standard InChI is InChI=1S/C18H20O4/c1-18(11-7-10-13-8-5-4-6-9-13)12-14(19)15(21-2)16(22-3)17(18)20/h4-10H,11-12H2,1-3H3/b10-7+. The molecular formula is C18H20O4. The molecule has 0 heterocycles. The van der Waals surface area contributed by atoms with E-state index in [1.54, 1.807) is 6.92 Å². The molecule has 0 bridgehead atoms. The van der Waals surface area contributed by atoms with E-state index < -0.39 is 5.41 Å². The number of hydrogen-bond acceptors (Lipinski definition) is 4. The molecule has 4 heteroatoms. The summed E-state index contributed by atoms with van der Waals surface area (Å²) < 4.78 is 10.1. The Morgan fingerprint density at radius 1 is 1.09 bits per heavy atom. The first-order valence-electron chi connectivity index (χ1n) is 7.13. The van der Waals surface area contributed by atoms with Crippen molar-refractivity contribution in [2.24, 2.45) is 5.41 Å². The fourth-order valence-corrected chi connectivity index (χ4v) is 2.59. The quantitative estimate of drug-likeness (QED) is 0.838. The molecule has 1 aliphatic rings. The van der Waals surface area contributed by atoms with E-state index in [4.69, 9.17) is 9.47 Å². The zero-order valence-corrected chi connectivity index (χ0v) is 13.1. The van der Waals surface area contributed by atoms with Gasteiger partial charge in [0.1, 0.15) is 0 Å². The molecule has 116 valence electrons. The highest BCUT2D eigenvalue weighted by molar-refractivity contribution is 6.12. The van der Waals surface area contributed by atoms with Crippen molar-refractivity contribution >= 4 is 17.6 Å². The first-order chi connectivity index (χ1) is 10.5. The van der Waals surface area contributed by atoms with Gasteiger partial charge < -0.3 is 9.47 Å². The van der Waals surface area contributed by atoms with Crippen molar-refractivity contribution in [1.82, 2.24) is 0 Å². The Morgan fingerprint density at radius 3 is 2.32 bits per heavy atom. The molecular weight excluding hydrogens is 280 g/mol. The summed E-state index contributed by atoms with van der Waals surface area (Å²) >= 11 is 0. The summed E-state index contributed by atoms with van der Waals surface area (Å²) in [6, 6.07) is 9.82. The van der Waals surface area contributed by atoms with E-state index in [0.29, 0.717) is 6.42 Å². The highest BCUT2D eigenvalue weighted by Gasteiger charge is 2.45. The van der Waals surface area contributed by atoms with Crippen molar-refractivity contribution < 1.29 is 19.1 Å². The molecule has 1 aromatic carbocycles. The molecule has 0 amide bonds. The number of ketones is 2. The lowest BCUT2D eigenvalue weighted by Crippen LogP contribution is -2.38. The van der Waals surface area contributed by atoms with Crippen molar-refractivity contribution in [2.45, 2.75) is 19.8 Å². The van der Waals surface area contributed by atoms with Gasteiger partial charge >= 0.3 is 0 Å². The second-order valence-corrected chi connectivity index (χ2v) is 5.57. The Bertz CT molecular complexity index is 628. The van der Waals surface area contributed by atoms with E-state index in [-0.39, 0.29) is 29.5 Å². The number of carbonyl (C=O) groups excluding carboxylic acids is 2. The summed E-state index contributed by atoms with van der Waals surface area (Å²) in [6.45, 7) is 1.79. The maximum absolute atomic E-state index is 12.6. The van der Waals surface area contributed by atoms with Gasteiger partial charge in [-0.15, -0.1) is 0 Å².